The predicted octanol–water partition coefficient (Wildman–Crippen LogP) is 1.39. The highest BCUT2D eigenvalue weighted by atomic mass is 16.6. The third-order valence-corrected chi connectivity index (χ3v) is 2.67. The monoisotopic (exact) mass is 245 g/mol. The van der Waals surface area contributed by atoms with Crippen molar-refractivity contribution < 1.29 is 19.4 Å². The third-order valence-electron chi connectivity index (χ3n) is 2.67. The highest BCUT2D eigenvalue weighted by molar-refractivity contribution is 5.68. The fraction of sp³-hybridized carbons (Fsp3) is 0.917. The molecule has 0 aromatic carbocycles. The summed E-state index contributed by atoms with van der Waals surface area (Å²) in [6.07, 6.45) is 0.607. The van der Waals surface area contributed by atoms with Gasteiger partial charge in [-0.1, -0.05) is 0 Å². The maximum atomic E-state index is 12.0. The molecule has 100 valence electrons. The maximum Gasteiger partial charge on any atom is 0.410 e. The second kappa shape index (κ2) is 5.69. The van der Waals surface area contributed by atoms with Gasteiger partial charge < -0.3 is 19.5 Å². The van der Waals surface area contributed by atoms with Crippen molar-refractivity contribution in [2.75, 3.05) is 20.3 Å². The Hall–Kier alpha value is -0.810. The highest BCUT2D eigenvalue weighted by Crippen LogP contribution is 2.20. The lowest BCUT2D eigenvalue weighted by Crippen LogP contribution is -2.52. The SMILES string of the molecule is COC[C@@H]1CC[C@@H](O)CN1C(=O)OC(C)(C)C. The van der Waals surface area contributed by atoms with Crippen molar-refractivity contribution in [1.82, 2.24) is 4.90 Å². The summed E-state index contributed by atoms with van der Waals surface area (Å²) in [6, 6.07) is -0.00162. The summed E-state index contributed by atoms with van der Waals surface area (Å²) in [4.78, 5) is 13.6. The first-order valence-electron chi connectivity index (χ1n) is 6.00. The third kappa shape index (κ3) is 4.52. The maximum absolute atomic E-state index is 12.0. The Balaban J connectivity index is 2.65. The standard InChI is InChI=1S/C12H23NO4/c1-12(2,3)17-11(15)13-7-10(14)6-5-9(13)8-16-4/h9-10,14H,5-8H2,1-4H3/t9-,10+/m0/s1. The second-order valence-corrected chi connectivity index (χ2v) is 5.47. The molecule has 1 amide bonds. The molecular formula is C12H23NO4. The Bertz CT molecular complexity index is 262. The summed E-state index contributed by atoms with van der Waals surface area (Å²) in [5, 5.41) is 9.62. The summed E-state index contributed by atoms with van der Waals surface area (Å²) < 4.78 is 10.4. The van der Waals surface area contributed by atoms with E-state index in [1.807, 2.05) is 20.8 Å². The van der Waals surface area contributed by atoms with Crippen molar-refractivity contribution in [3.63, 3.8) is 0 Å². The van der Waals surface area contributed by atoms with Crippen LogP contribution in [0.1, 0.15) is 33.6 Å². The molecule has 0 aromatic heterocycles. The largest absolute Gasteiger partial charge is 0.444 e. The lowest BCUT2D eigenvalue weighted by molar-refractivity contribution is -0.0264. The molecule has 1 aliphatic rings. The Morgan fingerprint density at radius 3 is 2.59 bits per heavy atom. The van der Waals surface area contributed by atoms with Crippen LogP contribution in [0, 0.1) is 0 Å². The first-order valence-corrected chi connectivity index (χ1v) is 6.00. The van der Waals surface area contributed by atoms with Gasteiger partial charge >= 0.3 is 6.09 Å². The van der Waals surface area contributed by atoms with E-state index >= 15 is 0 Å². The van der Waals surface area contributed by atoms with Crippen LogP contribution in [0.3, 0.4) is 0 Å². The number of hydrogen-bond acceptors (Lipinski definition) is 4. The molecule has 0 aromatic rings. The average Bonchev–Trinajstić information content (AvgIpc) is 2.18. The molecule has 1 aliphatic heterocycles. The Morgan fingerprint density at radius 2 is 2.06 bits per heavy atom. The van der Waals surface area contributed by atoms with Gasteiger partial charge in [0.25, 0.3) is 0 Å². The highest BCUT2D eigenvalue weighted by Gasteiger charge is 2.33. The van der Waals surface area contributed by atoms with Crippen LogP contribution < -0.4 is 0 Å². The molecule has 1 fully saturated rings. The van der Waals surface area contributed by atoms with Gasteiger partial charge in [-0.2, -0.15) is 0 Å². The average molecular weight is 245 g/mol. The van der Waals surface area contributed by atoms with Gasteiger partial charge in [0.05, 0.1) is 25.3 Å². The predicted molar refractivity (Wildman–Crippen MR) is 63.8 cm³/mol. The molecule has 1 N–H and O–H groups in total. The molecule has 17 heavy (non-hydrogen) atoms. The summed E-state index contributed by atoms with van der Waals surface area (Å²) in [5.41, 5.74) is -0.517. The van der Waals surface area contributed by atoms with E-state index in [-0.39, 0.29) is 12.1 Å². The van der Waals surface area contributed by atoms with Crippen LogP contribution in [-0.4, -0.2) is 54.1 Å². The fourth-order valence-electron chi connectivity index (χ4n) is 1.92. The van der Waals surface area contributed by atoms with Crippen molar-refractivity contribution in [3.05, 3.63) is 0 Å². The van der Waals surface area contributed by atoms with Crippen LogP contribution >= 0.6 is 0 Å². The Kier molecular flexibility index (Phi) is 4.77. The van der Waals surface area contributed by atoms with Gasteiger partial charge in [-0.05, 0) is 33.6 Å². The number of hydrogen-bond donors (Lipinski definition) is 1. The van der Waals surface area contributed by atoms with E-state index in [1.165, 1.54) is 0 Å². The zero-order chi connectivity index (χ0) is 13.1. The number of carbonyl (C=O) groups excluding carboxylic acids is 1. The number of ether oxygens (including phenoxy) is 2. The van der Waals surface area contributed by atoms with Gasteiger partial charge in [0, 0.05) is 7.11 Å². The van der Waals surface area contributed by atoms with Crippen LogP contribution in [-0.2, 0) is 9.47 Å². The fourth-order valence-corrected chi connectivity index (χ4v) is 1.92. The zero-order valence-electron chi connectivity index (χ0n) is 11.1. The molecule has 0 spiro atoms. The van der Waals surface area contributed by atoms with E-state index in [2.05, 4.69) is 0 Å². The number of aliphatic hydroxyl groups is 1. The minimum Gasteiger partial charge on any atom is -0.444 e. The number of aliphatic hydroxyl groups excluding tert-OH is 1. The van der Waals surface area contributed by atoms with Gasteiger partial charge in [0.2, 0.25) is 0 Å². The molecule has 1 heterocycles. The molecule has 1 saturated heterocycles. The van der Waals surface area contributed by atoms with E-state index in [4.69, 9.17) is 9.47 Å². The smallest absolute Gasteiger partial charge is 0.410 e. The normalized spacial score (nSPS) is 25.8. The molecule has 1 rings (SSSR count). The van der Waals surface area contributed by atoms with E-state index in [1.54, 1.807) is 12.0 Å². The van der Waals surface area contributed by atoms with Crippen LogP contribution in [0.5, 0.6) is 0 Å². The molecule has 5 heteroatoms. The first-order chi connectivity index (χ1) is 7.83. The van der Waals surface area contributed by atoms with Crippen LogP contribution in [0.15, 0.2) is 0 Å². The lowest BCUT2D eigenvalue weighted by atomic mass is 10.0. The quantitative estimate of drug-likeness (QED) is 0.798. The number of methoxy groups -OCH3 is 1. The first kappa shape index (κ1) is 14.3. The van der Waals surface area contributed by atoms with E-state index in [9.17, 15) is 9.90 Å². The van der Waals surface area contributed by atoms with E-state index < -0.39 is 11.7 Å². The van der Waals surface area contributed by atoms with E-state index in [0.29, 0.717) is 19.6 Å². The topological polar surface area (TPSA) is 59.0 Å². The summed E-state index contributed by atoms with van der Waals surface area (Å²) in [5.74, 6) is 0. The van der Waals surface area contributed by atoms with Crippen LogP contribution in [0.4, 0.5) is 4.79 Å². The lowest BCUT2D eigenvalue weighted by Gasteiger charge is -2.38. The molecule has 0 saturated carbocycles. The number of amides is 1. The summed E-state index contributed by atoms with van der Waals surface area (Å²) in [6.45, 7) is 6.29. The second-order valence-electron chi connectivity index (χ2n) is 5.47. The Labute approximate surface area is 103 Å². The van der Waals surface area contributed by atoms with Crippen molar-refractivity contribution >= 4 is 6.09 Å². The molecule has 0 unspecified atom stereocenters. The number of β-amino-alcohol motifs (C(OH)–C–C–N with tert-alkyl or cyclic N) is 1. The molecular weight excluding hydrogens is 222 g/mol. The number of carbonyl (C=O) groups is 1. The van der Waals surface area contributed by atoms with Gasteiger partial charge in [0.15, 0.2) is 0 Å². The number of likely N-dealkylation sites (tertiary alicyclic amines) is 1. The van der Waals surface area contributed by atoms with Crippen molar-refractivity contribution in [3.8, 4) is 0 Å². The number of rotatable bonds is 2. The van der Waals surface area contributed by atoms with Crippen LogP contribution in [0.25, 0.3) is 0 Å². The Morgan fingerprint density at radius 1 is 1.41 bits per heavy atom. The summed E-state index contributed by atoms with van der Waals surface area (Å²) in [7, 11) is 1.61. The molecule has 0 bridgehead atoms. The van der Waals surface area contributed by atoms with E-state index in [0.717, 1.165) is 6.42 Å². The minimum absolute atomic E-state index is 0.00162. The van der Waals surface area contributed by atoms with Gasteiger partial charge in [-0.3, -0.25) is 0 Å². The van der Waals surface area contributed by atoms with Crippen molar-refractivity contribution in [1.29, 1.82) is 0 Å². The van der Waals surface area contributed by atoms with Crippen molar-refractivity contribution in [2.45, 2.75) is 51.4 Å². The molecule has 5 nitrogen and oxygen atoms in total. The summed E-state index contributed by atoms with van der Waals surface area (Å²) >= 11 is 0. The molecule has 0 aliphatic carbocycles. The van der Waals surface area contributed by atoms with Gasteiger partial charge in [-0.25, -0.2) is 4.79 Å². The minimum atomic E-state index is -0.517. The van der Waals surface area contributed by atoms with Gasteiger partial charge in [-0.15, -0.1) is 0 Å². The van der Waals surface area contributed by atoms with Crippen molar-refractivity contribution in [2.24, 2.45) is 0 Å². The molecule has 0 radical (unpaired) electrons. The molecule has 2 atom stereocenters. The zero-order valence-corrected chi connectivity index (χ0v) is 11.1. The van der Waals surface area contributed by atoms with Gasteiger partial charge in [0.1, 0.15) is 5.60 Å². The number of piperidine rings is 1. The van der Waals surface area contributed by atoms with Crippen LogP contribution in [0.2, 0.25) is 0 Å². The number of nitrogens with zero attached hydrogens (tertiary/aromatic N) is 1.